The van der Waals surface area contributed by atoms with Gasteiger partial charge in [0.1, 0.15) is 0 Å². The van der Waals surface area contributed by atoms with Gasteiger partial charge in [-0.1, -0.05) is 18.2 Å². The lowest BCUT2D eigenvalue weighted by atomic mass is 9.89. The predicted molar refractivity (Wildman–Crippen MR) is 105 cm³/mol. The summed E-state index contributed by atoms with van der Waals surface area (Å²) in [7, 11) is 0. The molecule has 1 aromatic rings. The third-order valence-corrected chi connectivity index (χ3v) is 6.23. The Morgan fingerprint density at radius 2 is 1.78 bits per heavy atom. The fraction of sp³-hybridized carbons (Fsp3) is 0.636. The average molecular weight is 370 g/mol. The molecule has 1 aromatic carbocycles. The number of carbonyl (C=O) groups excluding carboxylic acids is 2. The predicted octanol–water partition coefficient (Wildman–Crippen LogP) is 2.30. The molecule has 0 unspecified atom stereocenters. The maximum atomic E-state index is 12.5. The van der Waals surface area contributed by atoms with E-state index in [0.29, 0.717) is 12.5 Å². The first-order chi connectivity index (χ1) is 13.1. The second-order valence-corrected chi connectivity index (χ2v) is 8.40. The number of hydrogen-bond donors (Lipinski definition) is 1. The first-order valence-electron chi connectivity index (χ1n) is 10.5. The third-order valence-electron chi connectivity index (χ3n) is 6.23. The van der Waals surface area contributed by atoms with Crippen molar-refractivity contribution in [3.8, 4) is 0 Å². The van der Waals surface area contributed by atoms with Gasteiger partial charge in [-0.25, -0.2) is 0 Å². The van der Waals surface area contributed by atoms with Crippen molar-refractivity contribution in [2.24, 2.45) is 5.92 Å². The van der Waals surface area contributed by atoms with Crippen molar-refractivity contribution >= 4 is 11.8 Å². The highest BCUT2D eigenvalue weighted by atomic mass is 16.2. The zero-order valence-electron chi connectivity index (χ0n) is 16.4. The quantitative estimate of drug-likeness (QED) is 0.866. The summed E-state index contributed by atoms with van der Waals surface area (Å²) < 4.78 is 0. The highest BCUT2D eigenvalue weighted by Crippen LogP contribution is 2.31. The van der Waals surface area contributed by atoms with Gasteiger partial charge in [-0.3, -0.25) is 14.5 Å². The van der Waals surface area contributed by atoms with Gasteiger partial charge in [-0.05, 0) is 62.1 Å². The smallest absolute Gasteiger partial charge is 0.234 e. The van der Waals surface area contributed by atoms with Crippen LogP contribution >= 0.6 is 0 Å². The molecule has 0 spiro atoms. The average Bonchev–Trinajstić information content (AvgIpc) is 3.53. The van der Waals surface area contributed by atoms with E-state index in [2.05, 4.69) is 35.3 Å². The maximum Gasteiger partial charge on any atom is 0.234 e. The Balaban J connectivity index is 1.25. The fourth-order valence-corrected chi connectivity index (χ4v) is 4.31. The molecule has 1 aliphatic heterocycles. The minimum absolute atomic E-state index is 0.0301. The normalized spacial score (nSPS) is 21.4. The van der Waals surface area contributed by atoms with E-state index in [1.165, 1.54) is 36.0 Å². The number of aryl methyl sites for hydroxylation is 2. The van der Waals surface area contributed by atoms with Crippen LogP contribution in [0.3, 0.4) is 0 Å². The zero-order valence-corrected chi connectivity index (χ0v) is 16.4. The van der Waals surface area contributed by atoms with E-state index in [1.54, 1.807) is 0 Å². The van der Waals surface area contributed by atoms with Crippen molar-refractivity contribution < 1.29 is 9.59 Å². The summed E-state index contributed by atoms with van der Waals surface area (Å²) in [5.41, 5.74) is 4.13. The Kier molecular flexibility index (Phi) is 5.48. The van der Waals surface area contributed by atoms with Crippen molar-refractivity contribution in [1.29, 1.82) is 0 Å². The number of amides is 2. The van der Waals surface area contributed by atoms with Crippen molar-refractivity contribution in [2.45, 2.75) is 51.5 Å². The highest BCUT2D eigenvalue weighted by Gasteiger charge is 2.34. The summed E-state index contributed by atoms with van der Waals surface area (Å²) in [5.74, 6) is 0.680. The Morgan fingerprint density at radius 3 is 2.48 bits per heavy atom. The van der Waals surface area contributed by atoms with Gasteiger partial charge in [0.05, 0.1) is 12.6 Å². The number of hydrogen-bond acceptors (Lipinski definition) is 3. The van der Waals surface area contributed by atoms with E-state index in [-0.39, 0.29) is 17.9 Å². The monoisotopic (exact) mass is 369 g/mol. The van der Waals surface area contributed by atoms with Crippen LogP contribution in [-0.4, -0.2) is 54.3 Å². The van der Waals surface area contributed by atoms with Gasteiger partial charge >= 0.3 is 0 Å². The summed E-state index contributed by atoms with van der Waals surface area (Å²) in [6.45, 7) is 5.57. The number of carbonyl (C=O) groups is 2. The molecule has 1 saturated carbocycles. The Hall–Kier alpha value is -1.88. The number of rotatable bonds is 5. The molecule has 5 nitrogen and oxygen atoms in total. The molecule has 4 rings (SSSR count). The summed E-state index contributed by atoms with van der Waals surface area (Å²) in [6.07, 6.45) is 7.02. The van der Waals surface area contributed by atoms with Gasteiger partial charge in [0, 0.05) is 32.1 Å². The second kappa shape index (κ2) is 8.01. The number of nitrogens with one attached hydrogen (secondary N) is 1. The molecule has 2 amide bonds. The van der Waals surface area contributed by atoms with Gasteiger partial charge in [0.15, 0.2) is 0 Å². The van der Waals surface area contributed by atoms with Crippen molar-refractivity contribution in [2.75, 3.05) is 32.7 Å². The van der Waals surface area contributed by atoms with E-state index in [1.807, 2.05) is 4.90 Å². The summed E-state index contributed by atoms with van der Waals surface area (Å²) in [6, 6.07) is 6.71. The van der Waals surface area contributed by atoms with Crippen LogP contribution in [0.15, 0.2) is 18.2 Å². The van der Waals surface area contributed by atoms with Gasteiger partial charge in [0.2, 0.25) is 11.8 Å². The largest absolute Gasteiger partial charge is 0.348 e. The molecule has 0 radical (unpaired) electrons. The summed E-state index contributed by atoms with van der Waals surface area (Å²) >= 11 is 0. The van der Waals surface area contributed by atoms with E-state index in [4.69, 9.17) is 0 Å². The second-order valence-electron chi connectivity index (χ2n) is 8.40. The number of piperazine rings is 1. The molecular formula is C22H31N3O2. The van der Waals surface area contributed by atoms with Gasteiger partial charge in [-0.2, -0.15) is 0 Å². The van der Waals surface area contributed by atoms with Crippen LogP contribution in [0, 0.1) is 5.92 Å². The molecule has 0 bridgehead atoms. The minimum Gasteiger partial charge on any atom is -0.348 e. The zero-order chi connectivity index (χ0) is 18.8. The van der Waals surface area contributed by atoms with Crippen molar-refractivity contribution in [3.05, 3.63) is 34.9 Å². The molecule has 2 fully saturated rings. The molecule has 27 heavy (non-hydrogen) atoms. The van der Waals surface area contributed by atoms with Crippen LogP contribution in [0.1, 0.15) is 55.3 Å². The lowest BCUT2D eigenvalue weighted by Gasteiger charge is -2.34. The molecule has 2 aliphatic carbocycles. The van der Waals surface area contributed by atoms with Gasteiger partial charge in [-0.15, -0.1) is 0 Å². The Morgan fingerprint density at radius 1 is 1.07 bits per heavy atom. The maximum absolute atomic E-state index is 12.5. The Labute approximate surface area is 162 Å². The van der Waals surface area contributed by atoms with Crippen LogP contribution in [0.25, 0.3) is 0 Å². The van der Waals surface area contributed by atoms with Crippen LogP contribution in [0.5, 0.6) is 0 Å². The van der Waals surface area contributed by atoms with Crippen LogP contribution in [-0.2, 0) is 22.4 Å². The SMILES string of the molecule is C[C@@H](NC(=O)CN1CCN(C(=O)C2CC2)CC1)c1ccc2c(c1)CCCC2. The molecule has 1 atom stereocenters. The summed E-state index contributed by atoms with van der Waals surface area (Å²) in [4.78, 5) is 28.7. The topological polar surface area (TPSA) is 52.7 Å². The number of fused-ring (bicyclic) bond motifs is 1. The molecule has 146 valence electrons. The fourth-order valence-electron chi connectivity index (χ4n) is 4.31. The van der Waals surface area contributed by atoms with E-state index < -0.39 is 0 Å². The first-order valence-corrected chi connectivity index (χ1v) is 10.5. The lowest BCUT2D eigenvalue weighted by Crippen LogP contribution is -2.51. The van der Waals surface area contributed by atoms with Gasteiger partial charge < -0.3 is 10.2 Å². The Bertz CT molecular complexity index is 706. The molecule has 1 N–H and O–H groups in total. The third kappa shape index (κ3) is 4.52. The number of benzene rings is 1. The highest BCUT2D eigenvalue weighted by molar-refractivity contribution is 5.81. The first kappa shape index (κ1) is 18.5. The molecule has 1 saturated heterocycles. The van der Waals surface area contributed by atoms with Gasteiger partial charge in [0.25, 0.3) is 0 Å². The van der Waals surface area contributed by atoms with E-state index in [9.17, 15) is 9.59 Å². The molecule has 0 aromatic heterocycles. The molecule has 1 heterocycles. The van der Waals surface area contributed by atoms with E-state index in [0.717, 1.165) is 45.4 Å². The van der Waals surface area contributed by atoms with Crippen LogP contribution in [0.2, 0.25) is 0 Å². The van der Waals surface area contributed by atoms with Crippen LogP contribution < -0.4 is 5.32 Å². The van der Waals surface area contributed by atoms with Crippen molar-refractivity contribution in [3.63, 3.8) is 0 Å². The van der Waals surface area contributed by atoms with E-state index >= 15 is 0 Å². The summed E-state index contributed by atoms with van der Waals surface area (Å²) in [5, 5.41) is 3.15. The molecular weight excluding hydrogens is 338 g/mol. The standard InChI is InChI=1S/C22H31N3O2/c1-16(19-9-6-17-4-2-3-5-20(17)14-19)23-21(26)15-24-10-12-25(13-11-24)22(27)18-7-8-18/h6,9,14,16,18H,2-5,7-8,10-13,15H2,1H3,(H,23,26)/t16-/m1/s1. The van der Waals surface area contributed by atoms with Crippen LogP contribution in [0.4, 0.5) is 0 Å². The minimum atomic E-state index is 0.0301. The number of nitrogens with zero attached hydrogens (tertiary/aromatic N) is 2. The molecule has 5 heteroatoms. The molecule has 3 aliphatic rings. The lowest BCUT2D eigenvalue weighted by molar-refractivity contribution is -0.134. The van der Waals surface area contributed by atoms with Crippen molar-refractivity contribution in [1.82, 2.24) is 15.1 Å².